The third-order valence-electron chi connectivity index (χ3n) is 10.8. The number of ether oxygens (including phenoxy) is 4. The van der Waals surface area contributed by atoms with Crippen LogP contribution in [0.4, 0.5) is 4.79 Å². The summed E-state index contributed by atoms with van der Waals surface area (Å²) >= 11 is 0. The number of aliphatic hydroxyl groups excluding tert-OH is 4. The number of benzene rings is 1. The highest BCUT2D eigenvalue weighted by Gasteiger charge is 2.48. The second kappa shape index (κ2) is 15.3. The van der Waals surface area contributed by atoms with E-state index in [1.807, 2.05) is 18.2 Å². The van der Waals surface area contributed by atoms with Crippen molar-refractivity contribution in [1.29, 1.82) is 0 Å². The zero-order valence-corrected chi connectivity index (χ0v) is 27.0. The third kappa shape index (κ3) is 7.26. The van der Waals surface area contributed by atoms with Gasteiger partial charge in [0.15, 0.2) is 6.29 Å². The maximum atomic E-state index is 12.4. The fourth-order valence-electron chi connectivity index (χ4n) is 8.51. The zero-order valence-electron chi connectivity index (χ0n) is 27.0. The average Bonchev–Trinajstić information content (AvgIpc) is 3.38. The Balaban J connectivity index is 0.862. The lowest BCUT2D eigenvalue weighted by Gasteiger charge is -2.53. The van der Waals surface area contributed by atoms with Crippen molar-refractivity contribution in [3.8, 4) is 5.75 Å². The molecule has 11 heteroatoms. The molecule has 0 amide bonds. The molecule has 3 saturated heterocycles. The second-order valence-electron chi connectivity index (χ2n) is 13.8. The van der Waals surface area contributed by atoms with Crippen LogP contribution < -0.4 is 4.74 Å². The maximum absolute atomic E-state index is 12.4. The molecule has 4 aliphatic heterocycles. The monoisotopic (exact) mass is 644 g/mol. The SMILES string of the molecule is CC[C@H]1C[C@H]2C[C@H]3c4[nH]c5ccc(OC(=O)OCCCCCCCCCO[C@H]6O[C@H](CO)[C@@H](O)[C@H](O)[C@@H]6O)cc5c4CCN(C2)C13. The normalized spacial score (nSPS) is 33.5. The number of carbonyl (C=O) groups is 1. The van der Waals surface area contributed by atoms with E-state index in [-0.39, 0.29) is 0 Å². The smallest absolute Gasteiger partial charge is 0.434 e. The molecule has 4 bridgehead atoms. The summed E-state index contributed by atoms with van der Waals surface area (Å²) in [5, 5.41) is 40.1. The second-order valence-corrected chi connectivity index (χ2v) is 13.8. The van der Waals surface area contributed by atoms with Crippen molar-refractivity contribution in [3.63, 3.8) is 0 Å². The fourth-order valence-corrected chi connectivity index (χ4v) is 8.51. The van der Waals surface area contributed by atoms with E-state index in [2.05, 4.69) is 16.8 Å². The fraction of sp³-hybridized carbons (Fsp3) is 0.743. The Labute approximate surface area is 271 Å². The number of piperidine rings is 2. The van der Waals surface area contributed by atoms with Gasteiger partial charge in [0.1, 0.15) is 30.2 Å². The molecule has 7 rings (SSSR count). The Kier molecular flexibility index (Phi) is 11.2. The lowest BCUT2D eigenvalue weighted by Crippen LogP contribution is -2.59. The van der Waals surface area contributed by atoms with Gasteiger partial charge in [-0.05, 0) is 67.7 Å². The van der Waals surface area contributed by atoms with Crippen molar-refractivity contribution >= 4 is 17.1 Å². The number of hydrogen-bond donors (Lipinski definition) is 5. The number of H-pyrrole nitrogens is 1. The van der Waals surface area contributed by atoms with Gasteiger partial charge in [0.2, 0.25) is 0 Å². The Morgan fingerprint density at radius 3 is 2.52 bits per heavy atom. The number of nitrogens with one attached hydrogen (secondary N) is 1. The number of hydrogen-bond acceptors (Lipinski definition) is 10. The van der Waals surface area contributed by atoms with Gasteiger partial charge in [-0.3, -0.25) is 4.90 Å². The first-order chi connectivity index (χ1) is 22.4. The van der Waals surface area contributed by atoms with E-state index in [1.165, 1.54) is 42.5 Å². The number of aromatic nitrogens is 1. The van der Waals surface area contributed by atoms with Crippen LogP contribution in [0.15, 0.2) is 18.2 Å². The molecule has 1 aromatic heterocycles. The number of aromatic amines is 1. The molecule has 1 aliphatic carbocycles. The highest BCUT2D eigenvalue weighted by molar-refractivity contribution is 5.87. The first kappa shape index (κ1) is 33.6. The largest absolute Gasteiger partial charge is 0.513 e. The summed E-state index contributed by atoms with van der Waals surface area (Å²) in [5.74, 6) is 2.67. The van der Waals surface area contributed by atoms with Gasteiger partial charge in [0.25, 0.3) is 0 Å². The molecule has 4 fully saturated rings. The van der Waals surface area contributed by atoms with E-state index in [0.717, 1.165) is 75.3 Å². The highest BCUT2D eigenvalue weighted by atomic mass is 16.7. The lowest BCUT2D eigenvalue weighted by molar-refractivity contribution is -0.301. The van der Waals surface area contributed by atoms with E-state index in [1.54, 1.807) is 0 Å². The summed E-state index contributed by atoms with van der Waals surface area (Å²) in [5.41, 5.74) is 3.92. The van der Waals surface area contributed by atoms with Crippen LogP contribution in [0, 0.1) is 11.8 Å². The number of nitrogens with zero attached hydrogens (tertiary/aromatic N) is 1. The Morgan fingerprint density at radius 2 is 1.76 bits per heavy atom. The highest BCUT2D eigenvalue weighted by Crippen LogP contribution is 2.51. The molecular weight excluding hydrogens is 592 g/mol. The Hall–Kier alpha value is -2.25. The quantitative estimate of drug-likeness (QED) is 0.116. The van der Waals surface area contributed by atoms with Crippen molar-refractivity contribution in [2.45, 2.75) is 120 Å². The lowest BCUT2D eigenvalue weighted by atomic mass is 9.65. The average molecular weight is 645 g/mol. The number of aliphatic hydroxyl groups is 4. The molecule has 2 aromatic rings. The minimum atomic E-state index is -1.42. The molecule has 5 aliphatic rings. The minimum Gasteiger partial charge on any atom is -0.434 e. The molecule has 1 saturated carbocycles. The zero-order chi connectivity index (χ0) is 32.2. The van der Waals surface area contributed by atoms with E-state index in [0.29, 0.717) is 30.9 Å². The maximum Gasteiger partial charge on any atom is 0.513 e. The van der Waals surface area contributed by atoms with Crippen LogP contribution in [-0.4, -0.2) is 106 Å². The minimum absolute atomic E-state index is 0.326. The van der Waals surface area contributed by atoms with Crippen LogP contribution in [0.5, 0.6) is 5.75 Å². The molecule has 5 N–H and O–H groups in total. The summed E-state index contributed by atoms with van der Waals surface area (Å²) in [6, 6.07) is 6.52. The molecule has 10 atom stereocenters. The van der Waals surface area contributed by atoms with Crippen molar-refractivity contribution in [2.75, 3.05) is 32.9 Å². The van der Waals surface area contributed by atoms with E-state index < -0.39 is 43.5 Å². The summed E-state index contributed by atoms with van der Waals surface area (Å²) in [4.78, 5) is 19.0. The van der Waals surface area contributed by atoms with Crippen LogP contribution in [0.3, 0.4) is 0 Å². The standard InChI is InChI=1S/C35H52N2O9/c1-2-22-16-21-17-26-29-24(12-13-37(19-21)30(22)26)25-18-23(10-11-27(25)36-29)45-35(42)44-15-9-7-5-3-4-6-8-14-43-34-33(41)32(40)31(39)28(20-38)46-34/h10-11,18,21-22,26,28,30-34,36,38-41H,2-9,12-17,19-20H2,1H3/t21-,22-,26-,28+,30?,31+,32-,33-,34-/m0/s1. The predicted octanol–water partition coefficient (Wildman–Crippen LogP) is 3.99. The van der Waals surface area contributed by atoms with Crippen molar-refractivity contribution in [3.05, 3.63) is 29.5 Å². The van der Waals surface area contributed by atoms with E-state index >= 15 is 0 Å². The van der Waals surface area contributed by atoms with Crippen molar-refractivity contribution in [1.82, 2.24) is 9.88 Å². The molecule has 11 nitrogen and oxygen atoms in total. The first-order valence-corrected chi connectivity index (χ1v) is 17.5. The molecule has 2 unspecified atom stereocenters. The van der Waals surface area contributed by atoms with Crippen molar-refractivity contribution in [2.24, 2.45) is 11.8 Å². The van der Waals surface area contributed by atoms with Crippen LogP contribution in [0.25, 0.3) is 10.9 Å². The van der Waals surface area contributed by atoms with Crippen LogP contribution in [0.2, 0.25) is 0 Å². The molecule has 0 spiro atoms. The van der Waals surface area contributed by atoms with Gasteiger partial charge in [-0.2, -0.15) is 0 Å². The van der Waals surface area contributed by atoms with Crippen LogP contribution >= 0.6 is 0 Å². The Morgan fingerprint density at radius 1 is 1.00 bits per heavy atom. The van der Waals surface area contributed by atoms with Gasteiger partial charge in [-0.25, -0.2) is 4.79 Å². The first-order valence-electron chi connectivity index (χ1n) is 17.5. The van der Waals surface area contributed by atoms with Gasteiger partial charge < -0.3 is 44.4 Å². The van der Waals surface area contributed by atoms with Crippen LogP contribution in [0.1, 0.15) is 88.3 Å². The molecular formula is C35H52N2O9. The Bertz CT molecular complexity index is 1300. The third-order valence-corrected chi connectivity index (χ3v) is 10.8. The summed E-state index contributed by atoms with van der Waals surface area (Å²) < 4.78 is 21.8. The number of unbranched alkanes of at least 4 members (excludes halogenated alkanes) is 6. The van der Waals surface area contributed by atoms with Crippen molar-refractivity contribution < 1.29 is 44.2 Å². The van der Waals surface area contributed by atoms with E-state index in [4.69, 9.17) is 18.9 Å². The molecule has 256 valence electrons. The summed E-state index contributed by atoms with van der Waals surface area (Å²) in [6.07, 6.45) is 4.59. The topological polar surface area (TPSA) is 154 Å². The summed E-state index contributed by atoms with van der Waals surface area (Å²) in [6.45, 7) is 4.88. The van der Waals surface area contributed by atoms with E-state index in [9.17, 15) is 25.2 Å². The molecule has 5 heterocycles. The van der Waals surface area contributed by atoms with Gasteiger partial charge in [0, 0.05) is 48.3 Å². The number of carbonyl (C=O) groups excluding carboxylic acids is 1. The molecule has 46 heavy (non-hydrogen) atoms. The van der Waals surface area contributed by atoms with Gasteiger partial charge in [-0.1, -0.05) is 45.4 Å². The van der Waals surface area contributed by atoms with Gasteiger partial charge in [-0.15, -0.1) is 0 Å². The number of fused-ring (bicyclic) bond motifs is 4. The number of rotatable bonds is 14. The predicted molar refractivity (Wildman–Crippen MR) is 171 cm³/mol. The molecule has 0 radical (unpaired) electrons. The van der Waals surface area contributed by atoms with Crippen LogP contribution in [-0.2, 0) is 20.6 Å². The van der Waals surface area contributed by atoms with Gasteiger partial charge in [0.05, 0.1) is 13.2 Å². The van der Waals surface area contributed by atoms with Gasteiger partial charge >= 0.3 is 6.16 Å². The summed E-state index contributed by atoms with van der Waals surface area (Å²) in [7, 11) is 0. The molecule has 1 aromatic carbocycles.